The van der Waals surface area contributed by atoms with E-state index in [9.17, 15) is 0 Å². The molecule has 0 radical (unpaired) electrons. The van der Waals surface area contributed by atoms with Gasteiger partial charge in [0, 0.05) is 58.5 Å². The predicted molar refractivity (Wildman–Crippen MR) is 554 cm³/mol. The predicted octanol–water partition coefficient (Wildman–Crippen LogP) is 17.6. The molecule has 19 rings (SSSR count). The second kappa shape index (κ2) is 57.3. The van der Waals surface area contributed by atoms with Crippen molar-refractivity contribution >= 4 is 154 Å². The minimum atomic E-state index is -0.446. The van der Waals surface area contributed by atoms with E-state index in [2.05, 4.69) is 453 Å². The normalized spacial score (nSPS) is 11.5. The molecule has 1 saturated heterocycles. The molecule has 131 heavy (non-hydrogen) atoms. The third-order valence-corrected chi connectivity index (χ3v) is 31.2. The second-order valence-electron chi connectivity index (χ2n) is 29.7. The molecule has 0 aliphatic carbocycles. The number of carbonyl (C=O) groups is 1. The first-order valence-electron chi connectivity index (χ1n) is 41.8. The summed E-state index contributed by atoms with van der Waals surface area (Å²) in [5.74, 6) is 0. The van der Waals surface area contributed by atoms with Gasteiger partial charge in [0.25, 0.3) is 6.47 Å². The molecule has 0 unspecified atom stereocenters. The van der Waals surface area contributed by atoms with Crippen molar-refractivity contribution in [3.8, 4) is 33.6 Å². The molecule has 1 fully saturated rings. The summed E-state index contributed by atoms with van der Waals surface area (Å²) in [5.41, 5.74) is 6.77. The number of halogens is 3. The summed E-state index contributed by atoms with van der Waals surface area (Å²) in [4.78, 5) is 20.1. The standard InChI is InChI=1S/4C18H15P.C17H20BNO2.C17H12ClN.C6H4BrCl.CH2O3.2Na.Pd.H/c4*1-4-10-16(11-5-1)19(17-12-6-2-7-13-17)18-14-8-3-9-15-18;1-16(2)17(3,4)21-18(20-16)14-10-11-19-15(12-14)13-8-6-5-7-9-13;18-16-8-6-13(7-9-16)15-10-11-19-17(12-15)14-4-2-1-3-5-14;7-5-1-3-6(8)4-2-5;2-1-4-3;;;;/h4*1-15H;5-12H,1-4H3;1-12H;1-4H;1,3H;;;;/q;;;;;;;;2*+1;;-1/p-1. The molecule has 18 heteroatoms. The zero-order valence-electron chi connectivity index (χ0n) is 74.8. The number of aromatic nitrogens is 2. The van der Waals surface area contributed by atoms with Crippen LogP contribution in [-0.2, 0) is 39.4 Å². The van der Waals surface area contributed by atoms with Crippen LogP contribution in [0.25, 0.3) is 33.6 Å². The number of hydrogen-bond donors (Lipinski definition) is 0. The Kier molecular flexibility index (Phi) is 46.1. The molecule has 18 aromatic rings. The van der Waals surface area contributed by atoms with E-state index in [-0.39, 0.29) is 106 Å². The second-order valence-corrected chi connectivity index (χ2v) is 40.4. The van der Waals surface area contributed by atoms with Crippen LogP contribution in [0.4, 0.5) is 0 Å². The topological polar surface area (TPSA) is 93.6 Å². The molecule has 1 aliphatic rings. The van der Waals surface area contributed by atoms with Crippen molar-refractivity contribution in [1.82, 2.24) is 9.97 Å². The number of carbonyl (C=O) groups excluding carboxylic acids is 1. The molecule has 0 atom stereocenters. The maximum absolute atomic E-state index is 8.64. The van der Waals surface area contributed by atoms with Gasteiger partial charge in [-0.25, -0.2) is 0 Å². The summed E-state index contributed by atoms with van der Waals surface area (Å²) in [6.07, 6.45) is 3.65. The van der Waals surface area contributed by atoms with Crippen LogP contribution in [0.15, 0.2) is 514 Å². The van der Waals surface area contributed by atoms with Crippen LogP contribution in [0, 0.1) is 0 Å². The first-order chi connectivity index (χ1) is 62.7. The molecule has 1 aliphatic heterocycles. The van der Waals surface area contributed by atoms with Crippen LogP contribution in [-0.4, -0.2) is 34.8 Å². The van der Waals surface area contributed by atoms with Crippen molar-refractivity contribution in [2.45, 2.75) is 38.9 Å². The van der Waals surface area contributed by atoms with E-state index in [1.54, 1.807) is 0 Å². The van der Waals surface area contributed by atoms with E-state index in [0.29, 0.717) is 0 Å². The van der Waals surface area contributed by atoms with E-state index in [1.807, 2.05) is 116 Å². The van der Waals surface area contributed by atoms with Gasteiger partial charge in [0.15, 0.2) is 0 Å². The summed E-state index contributed by atoms with van der Waals surface area (Å²) < 4.78 is 13.2. The van der Waals surface area contributed by atoms with E-state index in [4.69, 9.17) is 42.6 Å². The van der Waals surface area contributed by atoms with Crippen molar-refractivity contribution in [3.63, 3.8) is 0 Å². The minimum absolute atomic E-state index is 0. The fourth-order valence-corrected chi connectivity index (χ4v) is 23.2. The Morgan fingerprint density at radius 3 is 0.710 bits per heavy atom. The van der Waals surface area contributed by atoms with E-state index >= 15 is 0 Å². The molecule has 3 heterocycles. The molecule has 646 valence electrons. The molecular weight excluding hydrogens is 1900 g/mol. The SMILES string of the molecule is CC1(C)OB(c2ccnc(-c3ccccc3)c2)OC1(C)C.Clc1ccc(-c2ccnc(-c3ccccc3)c2)cc1.Clc1ccc(Br)cc1.O=CO[O-].[H-].[Na+].[Na+].[Pd].c1ccc(P(c2ccccc2)c2ccccc2)cc1.c1ccc(P(c2ccccc2)c2ccccc2)cc1.c1ccc(P(c2ccccc2)c2ccccc2)cc1.c1ccc(P(c2ccccc2)c2ccccc2)cc1. The minimum Gasteiger partial charge on any atom is -1.00 e. The fourth-order valence-electron chi connectivity index (χ4n) is 13.5. The summed E-state index contributed by atoms with van der Waals surface area (Å²) in [6.45, 7) is 8.07. The van der Waals surface area contributed by atoms with Crippen LogP contribution in [0.2, 0.25) is 10.0 Å². The third kappa shape index (κ3) is 33.1. The van der Waals surface area contributed by atoms with Gasteiger partial charge in [-0.2, -0.15) is 0 Å². The van der Waals surface area contributed by atoms with Gasteiger partial charge >= 0.3 is 66.2 Å². The average molecular weight is 2000 g/mol. The van der Waals surface area contributed by atoms with Crippen molar-refractivity contribution in [2.24, 2.45) is 0 Å². The van der Waals surface area contributed by atoms with Gasteiger partial charge in [-0.15, -0.1) is 0 Å². The largest absolute Gasteiger partial charge is 1.00 e. The van der Waals surface area contributed by atoms with Gasteiger partial charge < -0.3 is 20.9 Å². The summed E-state index contributed by atoms with van der Waals surface area (Å²) in [6, 6.07) is 173. The van der Waals surface area contributed by atoms with Crippen LogP contribution in [0.5, 0.6) is 0 Å². The summed E-state index contributed by atoms with van der Waals surface area (Å²) in [5, 5.41) is 26.7. The van der Waals surface area contributed by atoms with E-state index in [1.165, 1.54) is 63.7 Å². The number of pyridine rings is 2. The zero-order chi connectivity index (χ0) is 89.2. The van der Waals surface area contributed by atoms with Gasteiger partial charge in [0.2, 0.25) is 0 Å². The van der Waals surface area contributed by atoms with Crippen molar-refractivity contribution in [2.75, 3.05) is 0 Å². The van der Waals surface area contributed by atoms with Crippen LogP contribution < -0.4 is 133 Å². The van der Waals surface area contributed by atoms with Crippen molar-refractivity contribution in [1.29, 1.82) is 0 Å². The monoisotopic (exact) mass is 2000 g/mol. The number of nitrogens with zero attached hydrogens (tertiary/aromatic N) is 2. The average Bonchev–Trinajstić information content (AvgIpc) is 1.62. The van der Waals surface area contributed by atoms with E-state index in [0.717, 1.165) is 53.6 Å². The number of hydrogen-bond acceptors (Lipinski definition) is 7. The molecule has 0 N–H and O–H groups in total. The number of benzene rings is 16. The molecule has 0 saturated carbocycles. The maximum Gasteiger partial charge on any atom is 1.00 e. The molecule has 0 amide bonds. The van der Waals surface area contributed by atoms with E-state index < -0.39 is 31.7 Å². The molecule has 0 bridgehead atoms. The molecule has 16 aromatic carbocycles. The van der Waals surface area contributed by atoms with Crippen molar-refractivity contribution < 1.29 is 105 Å². The Hall–Kier alpha value is -9.32. The first kappa shape index (κ1) is 105. The van der Waals surface area contributed by atoms with Gasteiger partial charge in [-0.05, 0) is 200 Å². The molecule has 2 aromatic heterocycles. The molecular formula is C113H98BBrCl2N2Na2O5P4Pd. The smallest absolute Gasteiger partial charge is 1.00 e. The Balaban J connectivity index is 0.000000189. The molecule has 7 nitrogen and oxygen atoms in total. The fraction of sp³-hybridized carbons (Fsp3) is 0.0531. The summed E-state index contributed by atoms with van der Waals surface area (Å²) in [7, 11) is -2.13. The van der Waals surface area contributed by atoms with Crippen LogP contribution in [0.1, 0.15) is 29.1 Å². The van der Waals surface area contributed by atoms with Gasteiger partial charge in [-0.3, -0.25) is 14.8 Å². The van der Waals surface area contributed by atoms with Crippen molar-refractivity contribution in [3.05, 3.63) is 524 Å². The number of rotatable bonds is 17. The van der Waals surface area contributed by atoms with Gasteiger partial charge in [0.05, 0.1) is 22.6 Å². The van der Waals surface area contributed by atoms with Gasteiger partial charge in [0.1, 0.15) is 0 Å². The Morgan fingerprint density at radius 2 is 0.496 bits per heavy atom. The first-order valence-corrected chi connectivity index (χ1v) is 48.7. The van der Waals surface area contributed by atoms with Gasteiger partial charge in [-0.1, -0.05) is 476 Å². The summed E-state index contributed by atoms with van der Waals surface area (Å²) >= 11 is 14.8. The Morgan fingerprint density at radius 1 is 0.298 bits per heavy atom. The van der Waals surface area contributed by atoms with Crippen LogP contribution >= 0.6 is 70.8 Å². The van der Waals surface area contributed by atoms with Crippen LogP contribution in [0.3, 0.4) is 0 Å². The Labute approximate surface area is 856 Å². The zero-order valence-corrected chi connectivity index (χ0v) is 86.1. The Bertz CT molecular complexity index is 5300. The third-order valence-electron chi connectivity index (χ3n) is 20.4. The maximum atomic E-state index is 8.64. The quantitative estimate of drug-likeness (QED) is 0.0295. The molecule has 0 spiro atoms.